The van der Waals surface area contributed by atoms with Gasteiger partial charge in [0.2, 0.25) is 17.7 Å². The number of nitrogens with zero attached hydrogens (tertiary/aromatic N) is 1. The van der Waals surface area contributed by atoms with Crippen LogP contribution >= 0.6 is 0 Å². The molecule has 0 bridgehead atoms. The van der Waals surface area contributed by atoms with Crippen molar-refractivity contribution in [1.29, 1.82) is 0 Å². The van der Waals surface area contributed by atoms with Crippen molar-refractivity contribution >= 4 is 17.7 Å². The van der Waals surface area contributed by atoms with E-state index in [0.717, 1.165) is 11.1 Å². The van der Waals surface area contributed by atoms with E-state index in [1.807, 2.05) is 60.7 Å². The number of likely N-dealkylation sites (tertiary alicyclic amines) is 1. The summed E-state index contributed by atoms with van der Waals surface area (Å²) in [6.45, 7) is 0.857. The van der Waals surface area contributed by atoms with Gasteiger partial charge in [-0.05, 0) is 36.1 Å². The molecule has 2 atom stereocenters. The van der Waals surface area contributed by atoms with Gasteiger partial charge in [0, 0.05) is 19.5 Å². The first-order chi connectivity index (χ1) is 16.1. The van der Waals surface area contributed by atoms with Crippen LogP contribution in [-0.4, -0.2) is 36.3 Å². The van der Waals surface area contributed by atoms with Crippen molar-refractivity contribution < 1.29 is 23.9 Å². The Morgan fingerprint density at radius 2 is 1.67 bits per heavy atom. The summed E-state index contributed by atoms with van der Waals surface area (Å²) in [7, 11) is 1.57. The number of rotatable bonds is 9. The average molecular weight is 449 g/mol. The molecule has 7 nitrogen and oxygen atoms in total. The van der Waals surface area contributed by atoms with Crippen LogP contribution in [-0.2, 0) is 27.5 Å². The summed E-state index contributed by atoms with van der Waals surface area (Å²) in [5.74, 6) is 0.157. The lowest BCUT2D eigenvalue weighted by Gasteiger charge is -2.15. The van der Waals surface area contributed by atoms with E-state index in [-0.39, 0.29) is 42.5 Å². The van der Waals surface area contributed by atoms with Crippen LogP contribution in [0.25, 0.3) is 0 Å². The zero-order valence-corrected chi connectivity index (χ0v) is 18.7. The molecule has 0 saturated carbocycles. The molecule has 1 fully saturated rings. The number of hydrogen-bond acceptors (Lipinski definition) is 5. The highest BCUT2D eigenvalue weighted by molar-refractivity contribution is 6.05. The van der Waals surface area contributed by atoms with E-state index < -0.39 is 0 Å². The van der Waals surface area contributed by atoms with E-state index in [0.29, 0.717) is 37.5 Å². The van der Waals surface area contributed by atoms with Crippen molar-refractivity contribution in [3.63, 3.8) is 0 Å². The lowest BCUT2D eigenvalue weighted by Crippen LogP contribution is -2.35. The molecule has 1 N–H and O–H groups in total. The lowest BCUT2D eigenvalue weighted by molar-refractivity contribution is -0.140. The molecular weight excluding hydrogens is 420 g/mol. The monoisotopic (exact) mass is 448 g/mol. The van der Waals surface area contributed by atoms with Crippen LogP contribution in [0.3, 0.4) is 0 Å². The van der Waals surface area contributed by atoms with Crippen molar-refractivity contribution in [3.05, 3.63) is 71.8 Å². The molecule has 1 aliphatic heterocycles. The van der Waals surface area contributed by atoms with Gasteiger partial charge >= 0.3 is 0 Å². The quantitative estimate of drug-likeness (QED) is 0.470. The molecule has 2 aromatic rings. The third kappa shape index (κ3) is 5.25. The number of benzene rings is 2. The topological polar surface area (TPSA) is 84.9 Å². The van der Waals surface area contributed by atoms with Gasteiger partial charge in [-0.1, -0.05) is 48.6 Å². The number of ether oxygens (including phenoxy) is 2. The molecule has 33 heavy (non-hydrogen) atoms. The zero-order chi connectivity index (χ0) is 23.2. The largest absolute Gasteiger partial charge is 0.493 e. The maximum atomic E-state index is 12.5. The first kappa shape index (κ1) is 22.6. The first-order valence-electron chi connectivity index (χ1n) is 11.2. The Balaban J connectivity index is 1.26. The van der Waals surface area contributed by atoms with Gasteiger partial charge in [0.25, 0.3) is 0 Å². The zero-order valence-electron chi connectivity index (χ0n) is 18.7. The summed E-state index contributed by atoms with van der Waals surface area (Å²) in [4.78, 5) is 38.6. The molecule has 0 radical (unpaired) electrons. The van der Waals surface area contributed by atoms with E-state index >= 15 is 0 Å². The maximum Gasteiger partial charge on any atom is 0.233 e. The number of amides is 3. The van der Waals surface area contributed by atoms with Crippen LogP contribution in [0.5, 0.6) is 11.5 Å². The summed E-state index contributed by atoms with van der Waals surface area (Å²) in [6.07, 6.45) is 5.19. The standard InChI is InChI=1S/C26H28N2O5/c1-32-23-15-19(11-12-22(23)33-17-18-7-3-2-4-8-18)16-27-24(29)13-14-28-25(30)20-9-5-6-10-21(20)26(28)31/h2-8,11-12,15,20-21H,9-10,13-14,16-17H2,1H3,(H,27,29)/t20-,21-/m1/s1. The molecule has 0 aromatic heterocycles. The molecule has 172 valence electrons. The summed E-state index contributed by atoms with van der Waals surface area (Å²) >= 11 is 0. The number of hydrogen-bond donors (Lipinski definition) is 1. The number of carbonyl (C=O) groups is 3. The molecule has 1 heterocycles. The highest BCUT2D eigenvalue weighted by atomic mass is 16.5. The Morgan fingerprint density at radius 3 is 2.33 bits per heavy atom. The Labute approximate surface area is 193 Å². The Morgan fingerprint density at radius 1 is 0.970 bits per heavy atom. The van der Waals surface area contributed by atoms with Gasteiger partial charge in [0.1, 0.15) is 6.61 Å². The number of methoxy groups -OCH3 is 1. The summed E-state index contributed by atoms with van der Waals surface area (Å²) in [6, 6.07) is 15.4. The molecule has 4 rings (SSSR count). The first-order valence-corrected chi connectivity index (χ1v) is 11.2. The number of fused-ring (bicyclic) bond motifs is 1. The van der Waals surface area contributed by atoms with Crippen molar-refractivity contribution in [3.8, 4) is 11.5 Å². The van der Waals surface area contributed by atoms with Gasteiger partial charge in [0.15, 0.2) is 11.5 Å². The Bertz CT molecular complexity index is 1020. The summed E-state index contributed by atoms with van der Waals surface area (Å²) in [5, 5.41) is 2.85. The van der Waals surface area contributed by atoms with Gasteiger partial charge in [-0.25, -0.2) is 0 Å². The van der Waals surface area contributed by atoms with Crippen LogP contribution in [0.15, 0.2) is 60.7 Å². The molecule has 7 heteroatoms. The van der Waals surface area contributed by atoms with Crippen molar-refractivity contribution in [2.45, 2.75) is 32.4 Å². The van der Waals surface area contributed by atoms with E-state index in [1.165, 1.54) is 4.90 Å². The fourth-order valence-electron chi connectivity index (χ4n) is 4.27. The van der Waals surface area contributed by atoms with E-state index in [1.54, 1.807) is 7.11 Å². The van der Waals surface area contributed by atoms with Crippen molar-refractivity contribution in [1.82, 2.24) is 10.2 Å². The summed E-state index contributed by atoms with van der Waals surface area (Å²) < 4.78 is 11.3. The smallest absolute Gasteiger partial charge is 0.233 e. The van der Waals surface area contributed by atoms with Gasteiger partial charge < -0.3 is 14.8 Å². The Hall–Kier alpha value is -3.61. The fraction of sp³-hybridized carbons (Fsp3) is 0.346. The maximum absolute atomic E-state index is 12.5. The minimum absolute atomic E-state index is 0.0831. The van der Waals surface area contributed by atoms with Gasteiger partial charge in [-0.2, -0.15) is 0 Å². The van der Waals surface area contributed by atoms with Crippen molar-refractivity contribution in [2.75, 3.05) is 13.7 Å². The number of nitrogens with one attached hydrogen (secondary N) is 1. The van der Waals surface area contributed by atoms with E-state index in [2.05, 4.69) is 5.32 Å². The molecule has 2 aliphatic rings. The summed E-state index contributed by atoms with van der Waals surface area (Å²) in [5.41, 5.74) is 1.92. The van der Waals surface area contributed by atoms with Gasteiger partial charge in [-0.3, -0.25) is 19.3 Å². The third-order valence-corrected chi connectivity index (χ3v) is 6.12. The molecule has 1 aliphatic carbocycles. The SMILES string of the molecule is COc1cc(CNC(=O)CCN2C(=O)[C@@H]3CC=CC[C@H]3C2=O)ccc1OCc1ccccc1. The second kappa shape index (κ2) is 10.3. The molecule has 3 amide bonds. The molecule has 1 saturated heterocycles. The molecular formula is C26H28N2O5. The normalized spacial score (nSPS) is 19.4. The fourth-order valence-corrected chi connectivity index (χ4v) is 4.27. The van der Waals surface area contributed by atoms with Crippen LogP contribution in [0.2, 0.25) is 0 Å². The van der Waals surface area contributed by atoms with E-state index in [4.69, 9.17) is 9.47 Å². The lowest BCUT2D eigenvalue weighted by atomic mass is 9.85. The molecule has 2 aromatic carbocycles. The predicted octanol–water partition coefficient (Wildman–Crippen LogP) is 3.23. The van der Waals surface area contributed by atoms with Crippen LogP contribution in [0.1, 0.15) is 30.4 Å². The molecule has 0 spiro atoms. The van der Waals surface area contributed by atoms with Gasteiger partial charge in [0.05, 0.1) is 18.9 Å². The third-order valence-electron chi connectivity index (χ3n) is 6.12. The van der Waals surface area contributed by atoms with Crippen molar-refractivity contribution in [2.24, 2.45) is 11.8 Å². The predicted molar refractivity (Wildman–Crippen MR) is 122 cm³/mol. The number of allylic oxidation sites excluding steroid dienone is 2. The minimum Gasteiger partial charge on any atom is -0.493 e. The minimum atomic E-state index is -0.263. The second-order valence-corrected chi connectivity index (χ2v) is 8.27. The highest BCUT2D eigenvalue weighted by Gasteiger charge is 2.46. The second-order valence-electron chi connectivity index (χ2n) is 8.27. The Kier molecular flexibility index (Phi) is 7.07. The average Bonchev–Trinajstić information content (AvgIpc) is 3.10. The highest BCUT2D eigenvalue weighted by Crippen LogP contribution is 2.35. The number of carbonyl (C=O) groups excluding carboxylic acids is 3. The molecule has 0 unspecified atom stereocenters. The van der Waals surface area contributed by atoms with Gasteiger partial charge in [-0.15, -0.1) is 0 Å². The number of imide groups is 1. The van der Waals surface area contributed by atoms with Crippen LogP contribution in [0.4, 0.5) is 0 Å². The van der Waals surface area contributed by atoms with Crippen LogP contribution < -0.4 is 14.8 Å². The van der Waals surface area contributed by atoms with Crippen LogP contribution in [0, 0.1) is 11.8 Å². The van der Waals surface area contributed by atoms with E-state index in [9.17, 15) is 14.4 Å².